The Morgan fingerprint density at radius 3 is 2.17 bits per heavy atom. The first-order chi connectivity index (χ1) is 19.6. The molecule has 0 spiro atoms. The average molecular weight is 581 g/mol. The van der Waals surface area contributed by atoms with E-state index in [0.717, 1.165) is 5.56 Å². The van der Waals surface area contributed by atoms with Crippen LogP contribution in [0.4, 0.5) is 0 Å². The lowest BCUT2D eigenvalue weighted by molar-refractivity contribution is 0.0260. The fourth-order valence-electron chi connectivity index (χ4n) is 3.65. The molecule has 0 saturated heterocycles. The normalized spacial score (nSPS) is 12.1. The molecule has 0 amide bonds. The number of fused-ring (bicyclic) bond motifs is 1. The van der Waals surface area contributed by atoms with E-state index in [0.29, 0.717) is 62.7 Å². The summed E-state index contributed by atoms with van der Waals surface area (Å²) < 4.78 is 32.1. The molecule has 10 nitrogen and oxygen atoms in total. The van der Waals surface area contributed by atoms with Gasteiger partial charge in [-0.05, 0) is 30.3 Å². The van der Waals surface area contributed by atoms with Gasteiger partial charge in [0.25, 0.3) is 5.56 Å². The SMILES string of the molecule is CC(C)(C)[Si](C)(C)OCCOCCOCCOc1cccc(OCn2ccc(=O)n3nc(-c4ccccc4)nc23)c1. The van der Waals surface area contributed by atoms with Gasteiger partial charge in [-0.2, -0.15) is 9.50 Å². The van der Waals surface area contributed by atoms with Crippen LogP contribution in [0.2, 0.25) is 18.1 Å². The zero-order valence-corrected chi connectivity index (χ0v) is 25.5. The van der Waals surface area contributed by atoms with Gasteiger partial charge >= 0.3 is 0 Å². The average Bonchev–Trinajstić information content (AvgIpc) is 3.41. The molecule has 41 heavy (non-hydrogen) atoms. The van der Waals surface area contributed by atoms with Gasteiger partial charge in [-0.3, -0.25) is 9.36 Å². The van der Waals surface area contributed by atoms with Crippen LogP contribution in [-0.2, 0) is 20.6 Å². The van der Waals surface area contributed by atoms with Crippen molar-refractivity contribution in [1.82, 2.24) is 19.2 Å². The Morgan fingerprint density at radius 2 is 1.46 bits per heavy atom. The molecule has 4 aromatic rings. The van der Waals surface area contributed by atoms with Gasteiger partial charge in [0.2, 0.25) is 5.78 Å². The highest BCUT2D eigenvalue weighted by Gasteiger charge is 2.36. The number of ether oxygens (including phenoxy) is 4. The summed E-state index contributed by atoms with van der Waals surface area (Å²) in [6.45, 7) is 14.3. The number of nitrogens with zero attached hydrogens (tertiary/aromatic N) is 4. The lowest BCUT2D eigenvalue weighted by atomic mass is 10.2. The molecule has 0 N–H and O–H groups in total. The molecule has 2 aromatic heterocycles. The topological polar surface area (TPSA) is 98.3 Å². The van der Waals surface area contributed by atoms with Gasteiger partial charge in [0.15, 0.2) is 20.9 Å². The third kappa shape index (κ3) is 8.49. The van der Waals surface area contributed by atoms with E-state index in [1.54, 1.807) is 10.8 Å². The summed E-state index contributed by atoms with van der Waals surface area (Å²) in [5, 5.41) is 4.57. The first kappa shape index (κ1) is 30.4. The van der Waals surface area contributed by atoms with Gasteiger partial charge < -0.3 is 23.4 Å². The number of aromatic nitrogens is 4. The largest absolute Gasteiger partial charge is 0.491 e. The third-order valence-electron chi connectivity index (χ3n) is 7.03. The van der Waals surface area contributed by atoms with E-state index >= 15 is 0 Å². The van der Waals surface area contributed by atoms with Crippen LogP contribution in [0.15, 0.2) is 71.7 Å². The maximum absolute atomic E-state index is 12.4. The van der Waals surface area contributed by atoms with Crippen LogP contribution in [0.5, 0.6) is 11.5 Å². The van der Waals surface area contributed by atoms with Crippen LogP contribution in [0, 0.1) is 0 Å². The van der Waals surface area contributed by atoms with E-state index in [2.05, 4.69) is 43.9 Å². The Bertz CT molecular complexity index is 1450. The van der Waals surface area contributed by atoms with Crippen molar-refractivity contribution >= 4 is 14.1 Å². The maximum Gasteiger partial charge on any atom is 0.275 e. The quantitative estimate of drug-likeness (QED) is 0.143. The van der Waals surface area contributed by atoms with Crippen molar-refractivity contribution in [3.05, 3.63) is 77.2 Å². The van der Waals surface area contributed by atoms with Crippen molar-refractivity contribution < 1.29 is 23.4 Å². The zero-order chi connectivity index (χ0) is 29.3. The molecular formula is C30H40N4O6Si. The van der Waals surface area contributed by atoms with Gasteiger partial charge in [0, 0.05) is 23.9 Å². The minimum atomic E-state index is -1.73. The Hall–Kier alpha value is -3.51. The molecule has 220 valence electrons. The summed E-state index contributed by atoms with van der Waals surface area (Å²) in [6.07, 6.45) is 1.64. The Labute approximate surface area is 241 Å². The molecule has 0 saturated carbocycles. The highest BCUT2D eigenvalue weighted by Crippen LogP contribution is 2.36. The van der Waals surface area contributed by atoms with Crippen LogP contribution in [0.1, 0.15) is 20.8 Å². The Kier molecular flexibility index (Phi) is 10.3. The van der Waals surface area contributed by atoms with E-state index < -0.39 is 8.32 Å². The number of benzene rings is 2. The predicted molar refractivity (Wildman–Crippen MR) is 160 cm³/mol. The molecular weight excluding hydrogens is 540 g/mol. The molecule has 0 atom stereocenters. The molecule has 0 aliphatic heterocycles. The Balaban J connectivity index is 1.18. The van der Waals surface area contributed by atoms with Crippen molar-refractivity contribution in [2.45, 2.75) is 45.6 Å². The van der Waals surface area contributed by atoms with Crippen LogP contribution in [0.25, 0.3) is 17.2 Å². The van der Waals surface area contributed by atoms with E-state index in [9.17, 15) is 4.79 Å². The summed E-state index contributed by atoms with van der Waals surface area (Å²) in [7, 11) is -1.73. The van der Waals surface area contributed by atoms with E-state index in [-0.39, 0.29) is 17.3 Å². The van der Waals surface area contributed by atoms with Crippen LogP contribution in [-0.4, -0.2) is 67.1 Å². The molecule has 0 aliphatic rings. The zero-order valence-electron chi connectivity index (χ0n) is 24.5. The smallest absolute Gasteiger partial charge is 0.275 e. The van der Waals surface area contributed by atoms with Crippen molar-refractivity contribution in [2.24, 2.45) is 0 Å². The van der Waals surface area contributed by atoms with Crippen LogP contribution in [0.3, 0.4) is 0 Å². The number of rotatable bonds is 15. The van der Waals surface area contributed by atoms with Crippen molar-refractivity contribution in [3.8, 4) is 22.9 Å². The molecule has 11 heteroatoms. The second-order valence-electron chi connectivity index (χ2n) is 11.1. The van der Waals surface area contributed by atoms with Gasteiger partial charge in [-0.15, -0.1) is 5.10 Å². The summed E-state index contributed by atoms with van der Waals surface area (Å²) in [5.41, 5.74) is 0.571. The minimum Gasteiger partial charge on any atom is -0.491 e. The molecule has 4 rings (SSSR count). The van der Waals surface area contributed by atoms with Gasteiger partial charge in [0.05, 0.1) is 33.0 Å². The molecule has 0 radical (unpaired) electrons. The monoisotopic (exact) mass is 580 g/mol. The molecule has 0 bridgehead atoms. The molecule has 0 aliphatic carbocycles. The second-order valence-corrected chi connectivity index (χ2v) is 15.9. The van der Waals surface area contributed by atoms with Crippen LogP contribution >= 0.6 is 0 Å². The third-order valence-corrected chi connectivity index (χ3v) is 11.6. The van der Waals surface area contributed by atoms with Crippen molar-refractivity contribution in [3.63, 3.8) is 0 Å². The Morgan fingerprint density at radius 1 is 0.805 bits per heavy atom. The highest BCUT2D eigenvalue weighted by atomic mass is 28.4. The summed E-state index contributed by atoms with van der Waals surface area (Å²) in [6, 6.07) is 18.3. The fourth-order valence-corrected chi connectivity index (χ4v) is 4.68. The second kappa shape index (κ2) is 13.9. The molecule has 2 aromatic carbocycles. The number of hydrogen-bond acceptors (Lipinski definition) is 8. The summed E-state index contributed by atoms with van der Waals surface area (Å²) >= 11 is 0. The molecule has 0 fully saturated rings. The van der Waals surface area contributed by atoms with Crippen molar-refractivity contribution in [2.75, 3.05) is 39.6 Å². The maximum atomic E-state index is 12.4. The number of hydrogen-bond donors (Lipinski definition) is 0. The van der Waals surface area contributed by atoms with Crippen LogP contribution < -0.4 is 15.0 Å². The van der Waals surface area contributed by atoms with E-state index in [1.807, 2.05) is 54.6 Å². The van der Waals surface area contributed by atoms with E-state index in [4.69, 9.17) is 23.4 Å². The molecule has 2 heterocycles. The lowest BCUT2D eigenvalue weighted by Crippen LogP contribution is -2.41. The lowest BCUT2D eigenvalue weighted by Gasteiger charge is -2.36. The van der Waals surface area contributed by atoms with E-state index in [1.165, 1.54) is 10.6 Å². The molecule has 0 unspecified atom stereocenters. The highest BCUT2D eigenvalue weighted by molar-refractivity contribution is 6.74. The first-order valence-corrected chi connectivity index (χ1v) is 16.7. The van der Waals surface area contributed by atoms with Gasteiger partial charge in [0.1, 0.15) is 18.1 Å². The first-order valence-electron chi connectivity index (χ1n) is 13.8. The van der Waals surface area contributed by atoms with Crippen molar-refractivity contribution in [1.29, 1.82) is 0 Å². The minimum absolute atomic E-state index is 0.143. The van der Waals surface area contributed by atoms with Gasteiger partial charge in [-0.1, -0.05) is 57.2 Å². The summed E-state index contributed by atoms with van der Waals surface area (Å²) in [4.78, 5) is 16.9. The summed E-state index contributed by atoms with van der Waals surface area (Å²) in [5.74, 6) is 2.16. The fraction of sp³-hybridized carbons (Fsp3) is 0.433. The predicted octanol–water partition coefficient (Wildman–Crippen LogP) is 5.03. The standard InChI is InChI=1S/C30H40N4O6Si/c1-30(2,3)41(4,5)40-21-19-37-17-16-36-18-20-38-25-12-9-13-26(22-25)39-23-33-15-14-27(35)34-29(33)31-28(32-34)24-10-7-6-8-11-24/h6-15,22H,16-21,23H2,1-5H3. The van der Waals surface area contributed by atoms with Gasteiger partial charge in [-0.25, -0.2) is 0 Å².